The van der Waals surface area contributed by atoms with Crippen LogP contribution in [0, 0.1) is 0 Å². The second-order valence-electron chi connectivity index (χ2n) is 5.69. The molecule has 1 aliphatic heterocycles. The van der Waals surface area contributed by atoms with E-state index in [-0.39, 0.29) is 11.7 Å². The zero-order chi connectivity index (χ0) is 15.4. The Morgan fingerprint density at radius 3 is 2.50 bits per heavy atom. The Balaban J connectivity index is 1.72. The van der Waals surface area contributed by atoms with Crippen molar-refractivity contribution in [3.63, 3.8) is 0 Å². The fraction of sp³-hybridized carbons (Fsp3) is 0.412. The third-order valence-corrected chi connectivity index (χ3v) is 4.01. The van der Waals surface area contributed by atoms with E-state index < -0.39 is 0 Å². The molecule has 1 fully saturated rings. The molecule has 2 amide bonds. The molecule has 3 rings (SSSR count). The average Bonchev–Trinajstić information content (AvgIpc) is 2.47. The number of nitrogens with zero attached hydrogens (tertiary/aromatic N) is 1. The molecule has 0 aliphatic carbocycles. The van der Waals surface area contributed by atoms with E-state index in [4.69, 9.17) is 4.42 Å². The summed E-state index contributed by atoms with van der Waals surface area (Å²) in [6.45, 7) is 1.63. The quantitative estimate of drug-likeness (QED) is 0.819. The molecule has 0 bridgehead atoms. The third-order valence-electron chi connectivity index (χ3n) is 4.01. The number of urea groups is 1. The summed E-state index contributed by atoms with van der Waals surface area (Å²) in [6.07, 6.45) is 5.79. The van der Waals surface area contributed by atoms with E-state index in [1.807, 2.05) is 11.0 Å². The maximum atomic E-state index is 12.4. The van der Waals surface area contributed by atoms with Crippen LogP contribution in [0.4, 0.5) is 10.5 Å². The predicted molar refractivity (Wildman–Crippen MR) is 86.2 cm³/mol. The van der Waals surface area contributed by atoms with Crippen LogP contribution in [0.2, 0.25) is 0 Å². The molecule has 2 heterocycles. The normalized spacial score (nSPS) is 16.1. The van der Waals surface area contributed by atoms with Gasteiger partial charge in [0.1, 0.15) is 5.58 Å². The van der Waals surface area contributed by atoms with E-state index in [9.17, 15) is 9.59 Å². The maximum absolute atomic E-state index is 12.4. The highest BCUT2D eigenvalue weighted by Crippen LogP contribution is 2.18. The van der Waals surface area contributed by atoms with Crippen LogP contribution in [0.1, 0.15) is 32.1 Å². The molecule has 1 aliphatic rings. The summed E-state index contributed by atoms with van der Waals surface area (Å²) in [4.78, 5) is 25.4. The topological polar surface area (TPSA) is 62.6 Å². The van der Waals surface area contributed by atoms with Gasteiger partial charge in [0.05, 0.1) is 0 Å². The Bertz CT molecular complexity index is 715. The summed E-state index contributed by atoms with van der Waals surface area (Å²) in [7, 11) is 0. The highest BCUT2D eigenvalue weighted by molar-refractivity contribution is 5.92. The highest BCUT2D eigenvalue weighted by atomic mass is 16.4. The van der Waals surface area contributed by atoms with Crippen LogP contribution in [-0.2, 0) is 0 Å². The van der Waals surface area contributed by atoms with E-state index in [2.05, 4.69) is 5.32 Å². The first-order chi connectivity index (χ1) is 10.7. The van der Waals surface area contributed by atoms with E-state index in [0.717, 1.165) is 31.3 Å². The molecule has 1 N–H and O–H groups in total. The number of likely N-dealkylation sites (tertiary alicyclic amines) is 1. The number of hydrogen-bond donors (Lipinski definition) is 1. The van der Waals surface area contributed by atoms with Gasteiger partial charge in [-0.25, -0.2) is 9.59 Å². The first-order valence-corrected chi connectivity index (χ1v) is 7.82. The van der Waals surface area contributed by atoms with Crippen molar-refractivity contribution in [1.29, 1.82) is 0 Å². The van der Waals surface area contributed by atoms with Gasteiger partial charge < -0.3 is 14.6 Å². The molecular weight excluding hydrogens is 280 g/mol. The van der Waals surface area contributed by atoms with Gasteiger partial charge >= 0.3 is 11.7 Å². The van der Waals surface area contributed by atoms with E-state index >= 15 is 0 Å². The fourth-order valence-electron chi connectivity index (χ4n) is 2.80. The van der Waals surface area contributed by atoms with Crippen molar-refractivity contribution in [2.24, 2.45) is 0 Å². The Labute approximate surface area is 128 Å². The summed E-state index contributed by atoms with van der Waals surface area (Å²) in [5, 5.41) is 3.73. The average molecular weight is 300 g/mol. The zero-order valence-electron chi connectivity index (χ0n) is 12.5. The predicted octanol–water partition coefficient (Wildman–Crippen LogP) is 3.59. The van der Waals surface area contributed by atoms with Crippen LogP contribution in [0.15, 0.2) is 39.5 Å². The molecule has 116 valence electrons. The van der Waals surface area contributed by atoms with Crippen LogP contribution in [0.5, 0.6) is 0 Å². The number of hydrogen-bond acceptors (Lipinski definition) is 3. The molecule has 0 atom stereocenters. The van der Waals surface area contributed by atoms with Gasteiger partial charge in [-0.15, -0.1) is 0 Å². The minimum Gasteiger partial charge on any atom is -0.423 e. The second kappa shape index (κ2) is 6.64. The van der Waals surface area contributed by atoms with Gasteiger partial charge in [0, 0.05) is 30.2 Å². The van der Waals surface area contributed by atoms with Crippen molar-refractivity contribution in [1.82, 2.24) is 4.90 Å². The largest absolute Gasteiger partial charge is 0.423 e. The number of amides is 2. The molecular formula is C17H20N2O3. The lowest BCUT2D eigenvalue weighted by molar-refractivity contribution is 0.206. The van der Waals surface area contributed by atoms with Gasteiger partial charge in [-0.3, -0.25) is 0 Å². The molecule has 1 aromatic heterocycles. The number of nitrogens with one attached hydrogen (secondary N) is 1. The lowest BCUT2D eigenvalue weighted by Crippen LogP contribution is -2.37. The van der Waals surface area contributed by atoms with Crippen LogP contribution < -0.4 is 10.9 Å². The number of anilines is 1. The van der Waals surface area contributed by atoms with Crippen molar-refractivity contribution in [3.8, 4) is 0 Å². The highest BCUT2D eigenvalue weighted by Gasteiger charge is 2.14. The van der Waals surface area contributed by atoms with Crippen LogP contribution in [-0.4, -0.2) is 24.0 Å². The molecule has 1 aromatic carbocycles. The summed E-state index contributed by atoms with van der Waals surface area (Å²) >= 11 is 0. The van der Waals surface area contributed by atoms with Crippen molar-refractivity contribution >= 4 is 22.7 Å². The lowest BCUT2D eigenvalue weighted by Gasteiger charge is -2.25. The molecule has 5 heteroatoms. The fourth-order valence-corrected chi connectivity index (χ4v) is 2.80. The number of rotatable bonds is 1. The zero-order valence-corrected chi connectivity index (χ0v) is 12.5. The van der Waals surface area contributed by atoms with E-state index in [0.29, 0.717) is 11.3 Å². The molecule has 0 radical (unpaired) electrons. The van der Waals surface area contributed by atoms with Crippen LogP contribution >= 0.6 is 0 Å². The summed E-state index contributed by atoms with van der Waals surface area (Å²) in [5.41, 5.74) is 0.870. The Kier molecular flexibility index (Phi) is 4.42. The number of benzene rings is 1. The standard InChI is InChI=1S/C17H20N2O3/c20-16-9-6-13-12-14(7-8-15(13)22-16)18-17(21)19-10-4-2-1-3-5-11-19/h6-9,12H,1-5,10-11H2,(H,18,21). The molecule has 0 unspecified atom stereocenters. The molecule has 0 saturated carbocycles. The van der Waals surface area contributed by atoms with Gasteiger partial charge in [-0.05, 0) is 37.1 Å². The van der Waals surface area contributed by atoms with E-state index in [1.54, 1.807) is 18.2 Å². The third kappa shape index (κ3) is 3.47. The molecule has 1 saturated heterocycles. The van der Waals surface area contributed by atoms with Crippen LogP contribution in [0.25, 0.3) is 11.0 Å². The monoisotopic (exact) mass is 300 g/mol. The van der Waals surface area contributed by atoms with Gasteiger partial charge in [0.25, 0.3) is 0 Å². The molecule has 22 heavy (non-hydrogen) atoms. The van der Waals surface area contributed by atoms with Gasteiger partial charge in [0.15, 0.2) is 0 Å². The van der Waals surface area contributed by atoms with Crippen molar-refractivity contribution < 1.29 is 9.21 Å². The Morgan fingerprint density at radius 2 is 1.73 bits per heavy atom. The Hall–Kier alpha value is -2.30. The number of carbonyl (C=O) groups is 1. The minimum absolute atomic E-state index is 0.0568. The van der Waals surface area contributed by atoms with Gasteiger partial charge in [-0.2, -0.15) is 0 Å². The van der Waals surface area contributed by atoms with Gasteiger partial charge in [-0.1, -0.05) is 19.3 Å². The van der Waals surface area contributed by atoms with Gasteiger partial charge in [0.2, 0.25) is 0 Å². The first kappa shape index (κ1) is 14.6. The van der Waals surface area contributed by atoms with Crippen LogP contribution in [0.3, 0.4) is 0 Å². The lowest BCUT2D eigenvalue weighted by atomic mass is 10.1. The Morgan fingerprint density at radius 1 is 1.00 bits per heavy atom. The van der Waals surface area contributed by atoms with Crippen molar-refractivity contribution in [2.45, 2.75) is 32.1 Å². The number of fused-ring (bicyclic) bond motifs is 1. The summed E-state index contributed by atoms with van der Waals surface area (Å²) < 4.78 is 5.09. The minimum atomic E-state index is -0.370. The number of carbonyl (C=O) groups excluding carboxylic acids is 1. The van der Waals surface area contributed by atoms with E-state index in [1.165, 1.54) is 25.3 Å². The van der Waals surface area contributed by atoms with Crippen molar-refractivity contribution in [2.75, 3.05) is 18.4 Å². The molecule has 0 spiro atoms. The molecule has 2 aromatic rings. The SMILES string of the molecule is O=C(Nc1ccc2oc(=O)ccc2c1)N1CCCCCCC1. The summed E-state index contributed by atoms with van der Waals surface area (Å²) in [5.74, 6) is 0. The molecule has 5 nitrogen and oxygen atoms in total. The smallest absolute Gasteiger partial charge is 0.336 e. The maximum Gasteiger partial charge on any atom is 0.336 e. The summed E-state index contributed by atoms with van der Waals surface area (Å²) in [6, 6.07) is 8.31. The second-order valence-corrected chi connectivity index (χ2v) is 5.69. The van der Waals surface area contributed by atoms with Crippen molar-refractivity contribution in [3.05, 3.63) is 40.8 Å². The first-order valence-electron chi connectivity index (χ1n) is 7.82.